The van der Waals surface area contributed by atoms with Gasteiger partial charge >= 0.3 is 0 Å². The predicted molar refractivity (Wildman–Crippen MR) is 77.9 cm³/mol. The molecule has 0 aliphatic carbocycles. The van der Waals surface area contributed by atoms with Crippen LogP contribution in [-0.4, -0.2) is 22.9 Å². The Balaban J connectivity index is 2.35. The van der Waals surface area contributed by atoms with Crippen molar-refractivity contribution in [1.82, 2.24) is 4.90 Å². The van der Waals surface area contributed by atoms with Crippen molar-refractivity contribution < 1.29 is 4.79 Å². The van der Waals surface area contributed by atoms with E-state index >= 15 is 0 Å². The molecule has 0 radical (unpaired) electrons. The molecule has 1 heterocycles. The molecule has 1 saturated heterocycles. The summed E-state index contributed by atoms with van der Waals surface area (Å²) in [6, 6.07) is 6.31. The fraction of sp³-hybridized carbons (Fsp3) is 0.533. The van der Waals surface area contributed by atoms with Crippen molar-refractivity contribution in [1.29, 1.82) is 0 Å². The van der Waals surface area contributed by atoms with Gasteiger partial charge < -0.3 is 10.3 Å². The van der Waals surface area contributed by atoms with Crippen LogP contribution in [0.3, 0.4) is 0 Å². The zero-order valence-electron chi connectivity index (χ0n) is 11.9. The number of amides is 1. The number of hydrogen-bond donors (Lipinski definition) is 2. The standard InChI is InChI=1S/C15H23N3O/c1-10-7-8-14(17-16)13(9-10)15(19)18-11(2)5-4-6-12(18)3/h7-9,11-12,17H,4-6,16H2,1-3H3. The fourth-order valence-corrected chi connectivity index (χ4v) is 2.92. The van der Waals surface area contributed by atoms with Gasteiger partial charge in [-0.25, -0.2) is 0 Å². The Labute approximate surface area is 114 Å². The Morgan fingerprint density at radius 3 is 2.53 bits per heavy atom. The number of hydrogen-bond acceptors (Lipinski definition) is 3. The molecule has 1 aromatic rings. The molecule has 0 aromatic heterocycles. The summed E-state index contributed by atoms with van der Waals surface area (Å²) in [4.78, 5) is 14.8. The molecule has 1 aliphatic heterocycles. The Hall–Kier alpha value is -1.55. The maximum absolute atomic E-state index is 12.8. The number of nitrogens with two attached hydrogens (primary N) is 1. The first-order chi connectivity index (χ1) is 9.04. The number of nitrogens with one attached hydrogen (secondary N) is 1. The normalized spacial score (nSPS) is 23.3. The number of aryl methyl sites for hydroxylation is 1. The lowest BCUT2D eigenvalue weighted by atomic mass is 9.96. The fourth-order valence-electron chi connectivity index (χ4n) is 2.92. The second-order valence-corrected chi connectivity index (χ2v) is 5.53. The highest BCUT2D eigenvalue weighted by molar-refractivity contribution is 6.00. The molecule has 0 spiro atoms. The zero-order valence-corrected chi connectivity index (χ0v) is 11.9. The van der Waals surface area contributed by atoms with Crippen LogP contribution in [0.25, 0.3) is 0 Å². The average molecular weight is 261 g/mol. The minimum atomic E-state index is 0.0800. The molecule has 1 aromatic carbocycles. The number of nitrogen functional groups attached to an aromatic ring is 1. The summed E-state index contributed by atoms with van der Waals surface area (Å²) in [6.07, 6.45) is 3.35. The molecule has 1 aliphatic rings. The van der Waals surface area contributed by atoms with E-state index in [0.29, 0.717) is 23.3 Å². The van der Waals surface area contributed by atoms with Crippen LogP contribution in [0.4, 0.5) is 5.69 Å². The van der Waals surface area contributed by atoms with E-state index in [1.54, 1.807) is 0 Å². The first-order valence-electron chi connectivity index (χ1n) is 6.94. The molecular weight excluding hydrogens is 238 g/mol. The maximum atomic E-state index is 12.8. The van der Waals surface area contributed by atoms with Crippen LogP contribution in [0.5, 0.6) is 0 Å². The number of likely N-dealkylation sites (tertiary alicyclic amines) is 1. The van der Waals surface area contributed by atoms with Gasteiger partial charge in [0.2, 0.25) is 0 Å². The quantitative estimate of drug-likeness (QED) is 0.635. The summed E-state index contributed by atoms with van der Waals surface area (Å²) in [5, 5.41) is 0. The minimum absolute atomic E-state index is 0.0800. The number of carbonyl (C=O) groups excluding carboxylic acids is 1. The third-order valence-electron chi connectivity index (χ3n) is 3.99. The molecule has 0 bridgehead atoms. The monoisotopic (exact) mass is 261 g/mol. The van der Waals surface area contributed by atoms with E-state index in [2.05, 4.69) is 19.3 Å². The van der Waals surface area contributed by atoms with E-state index in [0.717, 1.165) is 18.4 Å². The van der Waals surface area contributed by atoms with Crippen LogP contribution in [0.1, 0.15) is 49.0 Å². The smallest absolute Gasteiger partial charge is 0.256 e. The molecule has 19 heavy (non-hydrogen) atoms. The number of benzene rings is 1. The van der Waals surface area contributed by atoms with Gasteiger partial charge in [0.25, 0.3) is 5.91 Å². The van der Waals surface area contributed by atoms with Gasteiger partial charge in [0.05, 0.1) is 11.3 Å². The lowest BCUT2D eigenvalue weighted by molar-refractivity contribution is 0.0511. The van der Waals surface area contributed by atoms with Crippen LogP contribution in [0.2, 0.25) is 0 Å². The topological polar surface area (TPSA) is 58.4 Å². The molecule has 3 N–H and O–H groups in total. The molecular formula is C15H23N3O. The van der Waals surface area contributed by atoms with Crippen molar-refractivity contribution in [2.75, 3.05) is 5.43 Å². The third kappa shape index (κ3) is 2.73. The molecule has 1 amide bonds. The van der Waals surface area contributed by atoms with Gasteiger partial charge in [0, 0.05) is 12.1 Å². The molecule has 0 saturated carbocycles. The molecule has 2 rings (SSSR count). The van der Waals surface area contributed by atoms with E-state index in [-0.39, 0.29) is 5.91 Å². The van der Waals surface area contributed by atoms with Crippen molar-refractivity contribution in [2.45, 2.75) is 52.1 Å². The molecule has 2 unspecified atom stereocenters. The highest BCUT2D eigenvalue weighted by Crippen LogP contribution is 2.27. The zero-order chi connectivity index (χ0) is 14.0. The lowest BCUT2D eigenvalue weighted by Crippen LogP contribution is -2.47. The summed E-state index contributed by atoms with van der Waals surface area (Å²) in [6.45, 7) is 6.23. The molecule has 4 heteroatoms. The number of anilines is 1. The first-order valence-corrected chi connectivity index (χ1v) is 6.94. The highest BCUT2D eigenvalue weighted by Gasteiger charge is 2.30. The SMILES string of the molecule is Cc1ccc(NN)c(C(=O)N2C(C)CCCC2C)c1. The highest BCUT2D eigenvalue weighted by atomic mass is 16.2. The van der Waals surface area contributed by atoms with Gasteiger partial charge in [0.15, 0.2) is 0 Å². The number of piperidine rings is 1. The molecule has 1 fully saturated rings. The van der Waals surface area contributed by atoms with E-state index in [1.807, 2.05) is 30.0 Å². The largest absolute Gasteiger partial charge is 0.333 e. The van der Waals surface area contributed by atoms with Gasteiger partial charge in [0.1, 0.15) is 0 Å². The van der Waals surface area contributed by atoms with Gasteiger partial charge in [-0.15, -0.1) is 0 Å². The van der Waals surface area contributed by atoms with Gasteiger partial charge in [-0.2, -0.15) is 0 Å². The van der Waals surface area contributed by atoms with Crippen molar-refractivity contribution in [3.63, 3.8) is 0 Å². The van der Waals surface area contributed by atoms with Crippen molar-refractivity contribution in [3.8, 4) is 0 Å². The van der Waals surface area contributed by atoms with E-state index in [9.17, 15) is 4.79 Å². The number of hydrazine groups is 1. The molecule has 104 valence electrons. The van der Waals surface area contributed by atoms with Crippen LogP contribution in [0, 0.1) is 6.92 Å². The maximum Gasteiger partial charge on any atom is 0.256 e. The van der Waals surface area contributed by atoms with Crippen molar-refractivity contribution in [2.24, 2.45) is 5.84 Å². The average Bonchev–Trinajstić information content (AvgIpc) is 2.38. The van der Waals surface area contributed by atoms with Gasteiger partial charge in [-0.1, -0.05) is 11.6 Å². The summed E-state index contributed by atoms with van der Waals surface area (Å²) in [5.41, 5.74) is 5.06. The van der Waals surface area contributed by atoms with Gasteiger partial charge in [-0.3, -0.25) is 10.6 Å². The van der Waals surface area contributed by atoms with E-state index in [1.165, 1.54) is 6.42 Å². The summed E-state index contributed by atoms with van der Waals surface area (Å²) in [5.74, 6) is 5.60. The lowest BCUT2D eigenvalue weighted by Gasteiger charge is -2.39. The number of carbonyl (C=O) groups is 1. The van der Waals surface area contributed by atoms with E-state index in [4.69, 9.17) is 5.84 Å². The summed E-state index contributed by atoms with van der Waals surface area (Å²) in [7, 11) is 0. The van der Waals surface area contributed by atoms with Crippen LogP contribution in [0.15, 0.2) is 18.2 Å². The first kappa shape index (κ1) is 13.9. The molecule has 2 atom stereocenters. The number of nitrogens with zero attached hydrogens (tertiary/aromatic N) is 1. The van der Waals surface area contributed by atoms with Crippen molar-refractivity contribution >= 4 is 11.6 Å². The predicted octanol–water partition coefficient (Wildman–Crippen LogP) is 2.68. The Morgan fingerprint density at radius 1 is 1.32 bits per heavy atom. The van der Waals surface area contributed by atoms with E-state index < -0.39 is 0 Å². The van der Waals surface area contributed by atoms with Crippen LogP contribution >= 0.6 is 0 Å². The Bertz CT molecular complexity index is 462. The van der Waals surface area contributed by atoms with Crippen LogP contribution < -0.4 is 11.3 Å². The van der Waals surface area contributed by atoms with Gasteiger partial charge in [-0.05, 0) is 52.2 Å². The summed E-state index contributed by atoms with van der Waals surface area (Å²) < 4.78 is 0. The second kappa shape index (κ2) is 5.61. The second-order valence-electron chi connectivity index (χ2n) is 5.53. The Morgan fingerprint density at radius 2 is 1.95 bits per heavy atom. The van der Waals surface area contributed by atoms with Crippen LogP contribution in [-0.2, 0) is 0 Å². The minimum Gasteiger partial charge on any atom is -0.333 e. The number of rotatable bonds is 2. The third-order valence-corrected chi connectivity index (χ3v) is 3.99. The molecule has 4 nitrogen and oxygen atoms in total. The van der Waals surface area contributed by atoms with Crippen molar-refractivity contribution in [3.05, 3.63) is 29.3 Å². The summed E-state index contributed by atoms with van der Waals surface area (Å²) >= 11 is 0. The Kier molecular flexibility index (Phi) is 4.10.